The lowest BCUT2D eigenvalue weighted by molar-refractivity contribution is -0.132. The predicted molar refractivity (Wildman–Crippen MR) is 110 cm³/mol. The van der Waals surface area contributed by atoms with Gasteiger partial charge in [-0.2, -0.15) is 4.31 Å². The maximum atomic E-state index is 13.1. The van der Waals surface area contributed by atoms with Crippen molar-refractivity contribution in [1.29, 1.82) is 0 Å². The van der Waals surface area contributed by atoms with E-state index in [4.69, 9.17) is 0 Å². The van der Waals surface area contributed by atoms with E-state index in [2.05, 4.69) is 24.1 Å². The number of nitrogens with zero attached hydrogens (tertiary/aromatic N) is 3. The monoisotopic (exact) mass is 408 g/mol. The predicted octanol–water partition coefficient (Wildman–Crippen LogP) is 2.71. The number of anilines is 1. The van der Waals surface area contributed by atoms with Gasteiger partial charge < -0.3 is 10.2 Å². The summed E-state index contributed by atoms with van der Waals surface area (Å²) < 4.78 is 27.7. The zero-order valence-electron chi connectivity index (χ0n) is 16.9. The van der Waals surface area contributed by atoms with E-state index in [1.165, 1.54) is 0 Å². The van der Waals surface area contributed by atoms with Crippen molar-refractivity contribution in [3.05, 3.63) is 18.3 Å². The Labute approximate surface area is 168 Å². The number of carbonyl (C=O) groups excluding carboxylic acids is 1. The number of sulfonamides is 1. The summed E-state index contributed by atoms with van der Waals surface area (Å²) in [5, 5.41) is 3.34. The van der Waals surface area contributed by atoms with Crippen molar-refractivity contribution in [3.63, 3.8) is 0 Å². The lowest BCUT2D eigenvalue weighted by atomic mass is 10.0. The molecule has 0 bridgehead atoms. The fourth-order valence-corrected chi connectivity index (χ4v) is 5.52. The third-order valence-electron chi connectivity index (χ3n) is 5.47. The van der Waals surface area contributed by atoms with Gasteiger partial charge in [-0.05, 0) is 43.7 Å². The summed E-state index contributed by atoms with van der Waals surface area (Å²) in [5.41, 5.74) is 0. The quantitative estimate of drug-likeness (QED) is 0.783. The van der Waals surface area contributed by atoms with Crippen LogP contribution in [0, 0.1) is 5.92 Å². The molecule has 3 rings (SSSR count). The van der Waals surface area contributed by atoms with Crippen LogP contribution in [-0.2, 0) is 14.8 Å². The first-order valence-corrected chi connectivity index (χ1v) is 11.8. The maximum absolute atomic E-state index is 13.1. The lowest BCUT2D eigenvalue weighted by Crippen LogP contribution is -2.43. The second kappa shape index (κ2) is 9.22. The number of carbonyl (C=O) groups is 1. The van der Waals surface area contributed by atoms with E-state index < -0.39 is 10.0 Å². The highest BCUT2D eigenvalue weighted by Crippen LogP contribution is 2.27. The number of hydrogen-bond donors (Lipinski definition) is 1. The van der Waals surface area contributed by atoms with E-state index in [1.54, 1.807) is 22.6 Å². The summed E-state index contributed by atoms with van der Waals surface area (Å²) in [6.45, 7) is 6.66. The number of hydrogen-bond acceptors (Lipinski definition) is 5. The Kier molecular flexibility index (Phi) is 6.93. The Morgan fingerprint density at radius 3 is 2.50 bits per heavy atom. The van der Waals surface area contributed by atoms with Crippen molar-refractivity contribution in [2.45, 2.75) is 63.3 Å². The second-order valence-corrected chi connectivity index (χ2v) is 10.1. The van der Waals surface area contributed by atoms with Crippen LogP contribution in [0.3, 0.4) is 0 Å². The second-order valence-electron chi connectivity index (χ2n) is 8.21. The molecule has 1 aromatic rings. The van der Waals surface area contributed by atoms with Crippen LogP contribution < -0.4 is 5.32 Å². The first-order valence-electron chi connectivity index (χ1n) is 10.4. The molecule has 0 radical (unpaired) electrons. The van der Waals surface area contributed by atoms with Gasteiger partial charge >= 0.3 is 0 Å². The molecular formula is C20H32N4O3S. The average molecular weight is 409 g/mol. The summed E-state index contributed by atoms with van der Waals surface area (Å²) in [5.74, 6) is 0.999. The molecule has 0 saturated carbocycles. The van der Waals surface area contributed by atoms with Crippen molar-refractivity contribution < 1.29 is 13.2 Å². The number of rotatable bonds is 6. The molecule has 1 amide bonds. The molecule has 0 aliphatic carbocycles. The molecule has 8 heteroatoms. The van der Waals surface area contributed by atoms with E-state index in [0.29, 0.717) is 44.3 Å². The Balaban J connectivity index is 1.65. The summed E-state index contributed by atoms with van der Waals surface area (Å²) in [6, 6.07) is 3.43. The molecule has 2 fully saturated rings. The molecule has 156 valence electrons. The van der Waals surface area contributed by atoms with E-state index in [1.807, 2.05) is 4.90 Å². The van der Waals surface area contributed by atoms with Crippen molar-refractivity contribution in [2.75, 3.05) is 31.5 Å². The van der Waals surface area contributed by atoms with Gasteiger partial charge in [-0.15, -0.1) is 0 Å². The van der Waals surface area contributed by atoms with Crippen molar-refractivity contribution in [2.24, 2.45) is 5.92 Å². The van der Waals surface area contributed by atoms with Gasteiger partial charge in [0, 0.05) is 44.8 Å². The molecule has 0 spiro atoms. The molecule has 0 aromatic carbocycles. The van der Waals surface area contributed by atoms with Gasteiger partial charge in [0.05, 0.1) is 0 Å². The van der Waals surface area contributed by atoms with E-state index in [9.17, 15) is 13.2 Å². The van der Waals surface area contributed by atoms with Gasteiger partial charge in [0.1, 0.15) is 10.7 Å². The minimum atomic E-state index is -3.54. The fourth-order valence-electron chi connectivity index (χ4n) is 3.90. The lowest BCUT2D eigenvalue weighted by Gasteiger charge is -2.33. The highest BCUT2D eigenvalue weighted by atomic mass is 32.2. The third kappa shape index (κ3) is 5.03. The minimum Gasteiger partial charge on any atom is -0.366 e. The van der Waals surface area contributed by atoms with Gasteiger partial charge in [-0.3, -0.25) is 4.79 Å². The van der Waals surface area contributed by atoms with Crippen LogP contribution in [0.2, 0.25) is 0 Å². The van der Waals surface area contributed by atoms with Gasteiger partial charge in [-0.25, -0.2) is 13.4 Å². The van der Waals surface area contributed by atoms with Crippen LogP contribution in [0.25, 0.3) is 0 Å². The van der Waals surface area contributed by atoms with Crippen LogP contribution in [0.5, 0.6) is 0 Å². The Hall–Kier alpha value is -1.67. The number of amides is 1. The topological polar surface area (TPSA) is 82.6 Å². The van der Waals surface area contributed by atoms with Gasteiger partial charge in [0.25, 0.3) is 0 Å². The summed E-state index contributed by atoms with van der Waals surface area (Å²) >= 11 is 0. The summed E-state index contributed by atoms with van der Waals surface area (Å²) in [7, 11) is -3.54. The first kappa shape index (κ1) is 21.0. The third-order valence-corrected chi connectivity index (χ3v) is 7.41. The SMILES string of the molecule is CC(C)CC(=O)N1CCC(Nc2ncccc2S(=O)(=O)N2CCCCC2)CC1. The molecule has 1 N–H and O–H groups in total. The maximum Gasteiger partial charge on any atom is 0.246 e. The van der Waals surface area contributed by atoms with Crippen LogP contribution in [0.1, 0.15) is 52.4 Å². The van der Waals surface area contributed by atoms with Crippen molar-refractivity contribution in [3.8, 4) is 0 Å². The Morgan fingerprint density at radius 2 is 1.86 bits per heavy atom. The highest BCUT2D eigenvalue weighted by molar-refractivity contribution is 7.89. The molecule has 3 heterocycles. The fraction of sp³-hybridized carbons (Fsp3) is 0.700. The largest absolute Gasteiger partial charge is 0.366 e. The molecule has 2 aliphatic rings. The number of pyridine rings is 1. The highest BCUT2D eigenvalue weighted by Gasteiger charge is 2.30. The number of aromatic nitrogens is 1. The van der Waals surface area contributed by atoms with Gasteiger partial charge in [-0.1, -0.05) is 20.3 Å². The molecule has 2 saturated heterocycles. The zero-order chi connectivity index (χ0) is 20.1. The molecule has 28 heavy (non-hydrogen) atoms. The van der Waals surface area contributed by atoms with Gasteiger partial charge in [0.15, 0.2) is 0 Å². The Morgan fingerprint density at radius 1 is 1.18 bits per heavy atom. The van der Waals surface area contributed by atoms with E-state index in [0.717, 1.165) is 32.1 Å². The average Bonchev–Trinajstić information content (AvgIpc) is 2.69. The number of likely N-dealkylation sites (tertiary alicyclic amines) is 1. The molecule has 0 atom stereocenters. The van der Waals surface area contributed by atoms with Crippen LogP contribution in [0.15, 0.2) is 23.2 Å². The molecule has 1 aromatic heterocycles. The standard InChI is InChI=1S/C20H32N4O3S/c1-16(2)15-19(25)23-13-8-17(9-14-23)22-20-18(7-6-10-21-20)28(26,27)24-11-4-3-5-12-24/h6-7,10,16-17H,3-5,8-9,11-15H2,1-2H3,(H,21,22). The Bertz CT molecular complexity index is 767. The molecule has 7 nitrogen and oxygen atoms in total. The van der Waals surface area contributed by atoms with Crippen molar-refractivity contribution >= 4 is 21.7 Å². The number of nitrogens with one attached hydrogen (secondary N) is 1. The minimum absolute atomic E-state index is 0.119. The van der Waals surface area contributed by atoms with Crippen LogP contribution >= 0.6 is 0 Å². The van der Waals surface area contributed by atoms with Crippen LogP contribution in [0.4, 0.5) is 5.82 Å². The smallest absolute Gasteiger partial charge is 0.246 e. The number of piperidine rings is 2. The molecule has 0 unspecified atom stereocenters. The summed E-state index contributed by atoms with van der Waals surface area (Å²) in [6.07, 6.45) is 6.69. The first-order chi connectivity index (χ1) is 13.4. The van der Waals surface area contributed by atoms with E-state index in [-0.39, 0.29) is 16.8 Å². The normalized spacial score (nSPS) is 19.8. The van der Waals surface area contributed by atoms with E-state index >= 15 is 0 Å². The zero-order valence-corrected chi connectivity index (χ0v) is 17.7. The molecular weight excluding hydrogens is 376 g/mol. The molecule has 2 aliphatic heterocycles. The van der Waals surface area contributed by atoms with Gasteiger partial charge in [0.2, 0.25) is 15.9 Å². The van der Waals surface area contributed by atoms with Crippen LogP contribution in [-0.4, -0.2) is 60.7 Å². The van der Waals surface area contributed by atoms with Crippen molar-refractivity contribution in [1.82, 2.24) is 14.2 Å². The summed E-state index contributed by atoms with van der Waals surface area (Å²) in [4.78, 5) is 18.8.